The van der Waals surface area contributed by atoms with Gasteiger partial charge in [-0.3, -0.25) is 4.79 Å². The number of hydrogen-bond acceptors (Lipinski definition) is 3. The third-order valence-corrected chi connectivity index (χ3v) is 2.79. The summed E-state index contributed by atoms with van der Waals surface area (Å²) >= 11 is 0. The fourth-order valence-corrected chi connectivity index (χ4v) is 1.79. The first-order valence-corrected chi connectivity index (χ1v) is 5.90. The van der Waals surface area contributed by atoms with E-state index >= 15 is 0 Å². The van der Waals surface area contributed by atoms with Gasteiger partial charge in [-0.2, -0.15) is 18.3 Å². The van der Waals surface area contributed by atoms with Gasteiger partial charge in [0.15, 0.2) is 5.75 Å². The van der Waals surface area contributed by atoms with Gasteiger partial charge in [0, 0.05) is 6.07 Å². The Bertz CT molecular complexity index is 710. The van der Waals surface area contributed by atoms with E-state index in [-0.39, 0.29) is 24.1 Å². The van der Waals surface area contributed by atoms with Crippen molar-refractivity contribution in [2.75, 3.05) is 0 Å². The predicted molar refractivity (Wildman–Crippen MR) is 65.3 cm³/mol. The lowest BCUT2D eigenvalue weighted by Gasteiger charge is -2.09. The number of hydrogen-bond donors (Lipinski definition) is 2. The maximum absolute atomic E-state index is 13.2. The Morgan fingerprint density at radius 1 is 1.14 bits per heavy atom. The molecule has 21 heavy (non-hydrogen) atoms. The molecule has 0 saturated heterocycles. The van der Waals surface area contributed by atoms with Gasteiger partial charge in [0.1, 0.15) is 5.82 Å². The Morgan fingerprint density at radius 2 is 1.86 bits per heavy atom. The van der Waals surface area contributed by atoms with Crippen LogP contribution in [0.1, 0.15) is 16.8 Å². The molecule has 112 valence electrons. The molecule has 4 nitrogen and oxygen atoms in total. The van der Waals surface area contributed by atoms with E-state index in [0.29, 0.717) is 6.07 Å². The zero-order chi connectivity index (χ0) is 15.6. The molecule has 0 aliphatic heterocycles. The highest BCUT2D eigenvalue weighted by molar-refractivity contribution is 5.28. The molecule has 2 aromatic rings. The van der Waals surface area contributed by atoms with Gasteiger partial charge in [-0.25, -0.2) is 9.49 Å². The van der Waals surface area contributed by atoms with Gasteiger partial charge in [0.2, 0.25) is 0 Å². The van der Waals surface area contributed by atoms with E-state index in [0.717, 1.165) is 18.2 Å². The zero-order valence-electron chi connectivity index (χ0n) is 10.5. The molecule has 2 rings (SSSR count). The first-order chi connectivity index (χ1) is 9.75. The number of aromatic amines is 1. The maximum atomic E-state index is 13.2. The first-order valence-electron chi connectivity index (χ1n) is 5.90. The van der Waals surface area contributed by atoms with Crippen molar-refractivity contribution >= 4 is 0 Å². The van der Waals surface area contributed by atoms with Crippen LogP contribution in [0.5, 0.6) is 5.75 Å². The van der Waals surface area contributed by atoms with Gasteiger partial charge in [0.25, 0.3) is 0 Å². The minimum Gasteiger partial charge on any atom is -0.503 e. The topological polar surface area (TPSA) is 66.0 Å². The van der Waals surface area contributed by atoms with E-state index in [1.54, 1.807) is 0 Å². The molecule has 0 aliphatic rings. The smallest absolute Gasteiger partial charge is 0.416 e. The van der Waals surface area contributed by atoms with Crippen molar-refractivity contribution in [1.82, 2.24) is 10.2 Å². The molecular formula is C13H10F4N2O2. The fraction of sp³-hybridized carbons (Fsp3) is 0.231. The van der Waals surface area contributed by atoms with E-state index < -0.39 is 28.9 Å². The molecule has 0 spiro atoms. The summed E-state index contributed by atoms with van der Waals surface area (Å²) in [6, 6.07) is 3.39. The van der Waals surface area contributed by atoms with Crippen molar-refractivity contribution in [3.63, 3.8) is 0 Å². The zero-order valence-corrected chi connectivity index (χ0v) is 10.5. The largest absolute Gasteiger partial charge is 0.503 e. The summed E-state index contributed by atoms with van der Waals surface area (Å²) in [6.07, 6.45) is -4.39. The van der Waals surface area contributed by atoms with E-state index in [1.165, 1.54) is 0 Å². The third-order valence-electron chi connectivity index (χ3n) is 2.79. The molecular weight excluding hydrogens is 292 g/mol. The van der Waals surface area contributed by atoms with Gasteiger partial charge in [-0.15, -0.1) is 0 Å². The quantitative estimate of drug-likeness (QED) is 0.856. The first kappa shape index (κ1) is 15.0. The molecule has 8 heteroatoms. The highest BCUT2D eigenvalue weighted by atomic mass is 19.4. The average Bonchev–Trinajstić information content (AvgIpc) is 2.38. The summed E-state index contributed by atoms with van der Waals surface area (Å²) in [5.74, 6) is -1.51. The lowest BCUT2D eigenvalue weighted by molar-refractivity contribution is -0.137. The Balaban J connectivity index is 2.18. The van der Waals surface area contributed by atoms with Crippen LogP contribution in [0, 0.1) is 5.82 Å². The monoisotopic (exact) mass is 302 g/mol. The highest BCUT2D eigenvalue weighted by Crippen LogP contribution is 2.30. The molecule has 0 radical (unpaired) electrons. The van der Waals surface area contributed by atoms with E-state index in [2.05, 4.69) is 5.10 Å². The minimum atomic E-state index is -4.62. The van der Waals surface area contributed by atoms with Crippen LogP contribution in [0.4, 0.5) is 17.6 Å². The summed E-state index contributed by atoms with van der Waals surface area (Å²) in [4.78, 5) is 10.9. The standard InChI is InChI=1S/C13H10F4N2O2/c14-9-4-7(3-8(5-9)13(15,16)17)1-2-10-6-11(20)12(21)19-18-10/h3-6H,1-2H2,(H,18,20)(H,19,21). The van der Waals surface area contributed by atoms with Crippen molar-refractivity contribution in [2.45, 2.75) is 19.0 Å². The lowest BCUT2D eigenvalue weighted by Crippen LogP contribution is -2.10. The number of benzene rings is 1. The molecule has 1 heterocycles. The Kier molecular flexibility index (Phi) is 3.97. The van der Waals surface area contributed by atoms with Crippen molar-refractivity contribution in [2.24, 2.45) is 0 Å². The van der Waals surface area contributed by atoms with Crippen LogP contribution in [0.25, 0.3) is 0 Å². The van der Waals surface area contributed by atoms with Crippen LogP contribution in [-0.2, 0) is 19.0 Å². The Hall–Kier alpha value is -2.38. The number of alkyl halides is 3. The SMILES string of the molecule is O=c1[nH]nc(CCc2cc(F)cc(C(F)(F)F)c2)cc1O. The summed E-state index contributed by atoms with van der Waals surface area (Å²) in [5.41, 5.74) is -1.39. The molecule has 0 saturated carbocycles. The van der Waals surface area contributed by atoms with Gasteiger partial charge in [0.05, 0.1) is 11.3 Å². The van der Waals surface area contributed by atoms with Crippen LogP contribution in [0.3, 0.4) is 0 Å². The second kappa shape index (κ2) is 5.55. The number of nitrogens with zero attached hydrogens (tertiary/aromatic N) is 1. The summed E-state index contributed by atoms with van der Waals surface area (Å²) < 4.78 is 50.9. The van der Waals surface area contributed by atoms with Crippen molar-refractivity contribution in [3.05, 3.63) is 57.3 Å². The third kappa shape index (κ3) is 3.80. The Labute approximate surface area is 116 Å². The lowest BCUT2D eigenvalue weighted by atomic mass is 10.0. The summed E-state index contributed by atoms with van der Waals surface area (Å²) in [6.45, 7) is 0. The average molecular weight is 302 g/mol. The maximum Gasteiger partial charge on any atom is 0.416 e. The van der Waals surface area contributed by atoms with E-state index in [1.807, 2.05) is 5.10 Å². The number of H-pyrrole nitrogens is 1. The van der Waals surface area contributed by atoms with Gasteiger partial charge in [-0.05, 0) is 36.6 Å². The molecule has 0 atom stereocenters. The molecule has 0 aliphatic carbocycles. The van der Waals surface area contributed by atoms with Crippen molar-refractivity contribution in [3.8, 4) is 5.75 Å². The fourth-order valence-electron chi connectivity index (χ4n) is 1.79. The molecule has 2 N–H and O–H groups in total. The Morgan fingerprint density at radius 3 is 2.48 bits per heavy atom. The normalized spacial score (nSPS) is 11.6. The van der Waals surface area contributed by atoms with Crippen molar-refractivity contribution < 1.29 is 22.7 Å². The molecule has 0 amide bonds. The number of aromatic hydroxyl groups is 1. The predicted octanol–water partition coefficient (Wildman–Crippen LogP) is 2.42. The number of nitrogens with one attached hydrogen (secondary N) is 1. The molecule has 0 unspecified atom stereocenters. The van der Waals surface area contributed by atoms with Crippen LogP contribution in [0.2, 0.25) is 0 Å². The van der Waals surface area contributed by atoms with Crippen LogP contribution < -0.4 is 5.56 Å². The van der Waals surface area contributed by atoms with Crippen LogP contribution in [0.15, 0.2) is 29.1 Å². The van der Waals surface area contributed by atoms with E-state index in [9.17, 15) is 27.5 Å². The number of aryl methyl sites for hydroxylation is 2. The molecule has 1 aromatic heterocycles. The number of halogens is 4. The highest BCUT2D eigenvalue weighted by Gasteiger charge is 2.31. The van der Waals surface area contributed by atoms with Gasteiger partial charge >= 0.3 is 11.7 Å². The van der Waals surface area contributed by atoms with Crippen LogP contribution >= 0.6 is 0 Å². The van der Waals surface area contributed by atoms with Crippen LogP contribution in [-0.4, -0.2) is 15.3 Å². The minimum absolute atomic E-state index is 0.0827. The van der Waals surface area contributed by atoms with Gasteiger partial charge in [-0.1, -0.05) is 0 Å². The molecule has 0 fully saturated rings. The molecule has 0 bridgehead atoms. The van der Waals surface area contributed by atoms with E-state index in [4.69, 9.17) is 0 Å². The molecule has 1 aromatic carbocycles. The van der Waals surface area contributed by atoms with Gasteiger partial charge < -0.3 is 5.11 Å². The van der Waals surface area contributed by atoms with Crippen molar-refractivity contribution in [1.29, 1.82) is 0 Å². The summed E-state index contributed by atoms with van der Waals surface area (Å²) in [5, 5.41) is 14.9. The second-order valence-corrected chi connectivity index (χ2v) is 4.42. The number of rotatable bonds is 3. The second-order valence-electron chi connectivity index (χ2n) is 4.42. The number of aromatic nitrogens is 2. The summed E-state index contributed by atoms with van der Waals surface area (Å²) in [7, 11) is 0.